The van der Waals surface area contributed by atoms with E-state index in [4.69, 9.17) is 0 Å². The average molecular weight is 517 g/mol. The van der Waals surface area contributed by atoms with Crippen LogP contribution in [0.2, 0.25) is 0 Å². The van der Waals surface area contributed by atoms with Gasteiger partial charge >= 0.3 is 188 Å². The van der Waals surface area contributed by atoms with Crippen molar-refractivity contribution in [2.24, 2.45) is 0 Å². The Morgan fingerprint density at radius 1 is 0.567 bits per heavy atom. The molecule has 0 aliphatic heterocycles. The van der Waals surface area contributed by atoms with Crippen molar-refractivity contribution in [2.45, 2.75) is 6.92 Å². The number of carbonyl (C=O) groups excluding carboxylic acids is 1. The predicted molar refractivity (Wildman–Crippen MR) is 131 cm³/mol. The fourth-order valence-electron chi connectivity index (χ4n) is 3.73. The second kappa shape index (κ2) is 9.54. The van der Waals surface area contributed by atoms with Crippen molar-refractivity contribution in [1.82, 2.24) is 0 Å². The van der Waals surface area contributed by atoms with Gasteiger partial charge in [0.15, 0.2) is 0 Å². The van der Waals surface area contributed by atoms with E-state index in [1.807, 2.05) is 6.07 Å². The number of carbonyl (C=O) groups is 1. The number of ketones is 1. The minimum absolute atomic E-state index is 0.0540. The molecule has 4 rings (SSSR count). The van der Waals surface area contributed by atoms with E-state index in [2.05, 4.69) is 115 Å². The number of Topliss-reactive ketones (excluding diaryl/α,β-unsaturated/α-hetero) is 1. The third-order valence-corrected chi connectivity index (χ3v) is 19.7. The van der Waals surface area contributed by atoms with E-state index in [0.29, 0.717) is 0 Å². The van der Waals surface area contributed by atoms with Crippen molar-refractivity contribution >= 4 is 54.6 Å². The molecular formula is C27H23AsOSe. The summed E-state index contributed by atoms with van der Waals surface area (Å²) in [6.07, 6.45) is 0. The van der Waals surface area contributed by atoms with Crippen molar-refractivity contribution < 1.29 is 4.79 Å². The first kappa shape index (κ1) is 20.8. The minimum atomic E-state index is -3.20. The van der Waals surface area contributed by atoms with Crippen LogP contribution in [0.15, 0.2) is 121 Å². The van der Waals surface area contributed by atoms with Gasteiger partial charge in [0.25, 0.3) is 0 Å². The first-order valence-corrected chi connectivity index (χ1v) is 15.4. The van der Waals surface area contributed by atoms with Crippen LogP contribution < -0.4 is 17.5 Å². The molecule has 0 heterocycles. The molecular weight excluding hydrogens is 494 g/mol. The summed E-state index contributed by atoms with van der Waals surface area (Å²) in [6, 6.07) is 42.5. The topological polar surface area (TPSA) is 17.1 Å². The molecule has 4 aromatic rings. The summed E-state index contributed by atoms with van der Waals surface area (Å²) in [5, 5.41) is 0. The van der Waals surface area contributed by atoms with Crippen LogP contribution in [0.5, 0.6) is 0 Å². The first-order chi connectivity index (χ1) is 14.7. The van der Waals surface area contributed by atoms with Gasteiger partial charge < -0.3 is 0 Å². The van der Waals surface area contributed by atoms with Crippen molar-refractivity contribution in [1.29, 1.82) is 0 Å². The zero-order valence-corrected chi connectivity index (χ0v) is 20.4. The molecule has 0 unspecified atom stereocenters. The zero-order chi connectivity index (χ0) is 20.8. The summed E-state index contributed by atoms with van der Waals surface area (Å²) in [4.78, 5) is 13.3. The Balaban J connectivity index is 2.18. The number of hydrogen-bond donors (Lipinski definition) is 0. The molecule has 0 aliphatic carbocycles. The molecule has 0 saturated carbocycles. The Bertz CT molecular complexity index is 1070. The molecule has 0 radical (unpaired) electrons. The summed E-state index contributed by atoms with van der Waals surface area (Å²) in [5.41, 5.74) is 0. The van der Waals surface area contributed by atoms with E-state index in [1.54, 1.807) is 6.92 Å². The zero-order valence-electron chi connectivity index (χ0n) is 16.8. The van der Waals surface area contributed by atoms with Gasteiger partial charge in [-0.05, 0) is 0 Å². The van der Waals surface area contributed by atoms with Crippen LogP contribution >= 0.6 is 0 Å². The molecule has 4 aromatic carbocycles. The van der Waals surface area contributed by atoms with Gasteiger partial charge in [0.05, 0.1) is 0 Å². The summed E-state index contributed by atoms with van der Waals surface area (Å²) in [7, 11) is 0. The third-order valence-electron chi connectivity index (χ3n) is 4.99. The molecule has 3 heteroatoms. The second-order valence-corrected chi connectivity index (χ2v) is 17.7. The molecule has 0 amide bonds. The number of hydrogen-bond acceptors (Lipinski definition) is 1. The van der Waals surface area contributed by atoms with Gasteiger partial charge in [-0.15, -0.1) is 0 Å². The van der Waals surface area contributed by atoms with Crippen molar-refractivity contribution in [3.8, 4) is 0 Å². The van der Waals surface area contributed by atoms with Crippen molar-refractivity contribution in [3.63, 3.8) is 0 Å². The Morgan fingerprint density at radius 2 is 0.900 bits per heavy atom. The Labute approximate surface area is 186 Å². The summed E-state index contributed by atoms with van der Waals surface area (Å²) < 4.78 is 6.21. The van der Waals surface area contributed by atoms with Gasteiger partial charge in [0.1, 0.15) is 0 Å². The molecule has 0 spiro atoms. The quantitative estimate of drug-likeness (QED) is 0.360. The predicted octanol–water partition coefficient (Wildman–Crippen LogP) is 2.49. The van der Waals surface area contributed by atoms with Crippen LogP contribution in [-0.4, -0.2) is 37.1 Å². The van der Waals surface area contributed by atoms with E-state index < -0.39 is 13.1 Å². The molecule has 0 fully saturated rings. The van der Waals surface area contributed by atoms with Crippen LogP contribution in [0, 0.1) is 0 Å². The maximum atomic E-state index is 13.3. The van der Waals surface area contributed by atoms with Crippen molar-refractivity contribution in [3.05, 3.63) is 121 Å². The van der Waals surface area contributed by atoms with Crippen LogP contribution in [-0.2, 0) is 4.79 Å². The van der Waals surface area contributed by atoms with E-state index in [9.17, 15) is 4.79 Å². The molecule has 0 aromatic heterocycles. The first-order valence-electron chi connectivity index (χ1n) is 9.90. The fraction of sp³-hybridized carbons (Fsp3) is 0.0370. The van der Waals surface area contributed by atoms with Crippen molar-refractivity contribution in [2.75, 3.05) is 0 Å². The van der Waals surface area contributed by atoms with Gasteiger partial charge in [-0.3, -0.25) is 0 Å². The van der Waals surface area contributed by atoms with E-state index in [1.165, 1.54) is 17.5 Å². The van der Waals surface area contributed by atoms with Gasteiger partial charge in [-0.2, -0.15) is 0 Å². The standard InChI is InChI=1S/C27H23AsOSe/c1-22(29)27(30-26-20-12-5-13-21-26)28(23-14-6-2-7-15-23,24-16-8-3-9-17-24)25-18-10-4-11-19-25/h2-21H,1H3. The normalized spacial score (nSPS) is 11.1. The number of benzene rings is 4. The van der Waals surface area contributed by atoms with Gasteiger partial charge in [-0.25, -0.2) is 0 Å². The third kappa shape index (κ3) is 4.05. The Morgan fingerprint density at radius 3 is 1.23 bits per heavy atom. The van der Waals surface area contributed by atoms with Crippen LogP contribution in [0.1, 0.15) is 6.92 Å². The van der Waals surface area contributed by atoms with Gasteiger partial charge in [-0.1, -0.05) is 0 Å². The second-order valence-electron chi connectivity index (χ2n) is 6.95. The fourth-order valence-corrected chi connectivity index (χ4v) is 19.7. The monoisotopic (exact) mass is 518 g/mol. The van der Waals surface area contributed by atoms with Gasteiger partial charge in [0.2, 0.25) is 0 Å². The summed E-state index contributed by atoms with van der Waals surface area (Å²) >= 11 is -3.25. The van der Waals surface area contributed by atoms with E-state index in [-0.39, 0.29) is 20.7 Å². The van der Waals surface area contributed by atoms with E-state index in [0.717, 1.165) is 3.20 Å². The molecule has 1 nitrogen and oxygen atoms in total. The Kier molecular flexibility index (Phi) is 6.60. The van der Waals surface area contributed by atoms with Crippen LogP contribution in [0.3, 0.4) is 0 Å². The van der Waals surface area contributed by atoms with Gasteiger partial charge in [0, 0.05) is 0 Å². The molecule has 0 aliphatic rings. The molecule has 30 heavy (non-hydrogen) atoms. The molecule has 148 valence electrons. The molecule has 0 atom stereocenters. The van der Waals surface area contributed by atoms with Crippen LogP contribution in [0.4, 0.5) is 0 Å². The summed E-state index contributed by atoms with van der Waals surface area (Å²) in [5.74, 6) is 0.211. The molecule has 0 saturated heterocycles. The average Bonchev–Trinajstić information content (AvgIpc) is 2.82. The Hall–Kier alpha value is -2.50. The maximum absolute atomic E-state index is 13.3. The van der Waals surface area contributed by atoms with Crippen LogP contribution in [0.25, 0.3) is 0 Å². The van der Waals surface area contributed by atoms with E-state index >= 15 is 0 Å². The molecule has 0 N–H and O–H groups in total. The number of rotatable bonds is 6. The summed E-state index contributed by atoms with van der Waals surface area (Å²) in [6.45, 7) is 1.75. The molecule has 0 bridgehead atoms. The SMILES string of the molecule is CC(=O)C([Se]c1ccccc1)=[As](c1ccccc1)(c1ccccc1)c1ccccc1.